The summed E-state index contributed by atoms with van der Waals surface area (Å²) in [5, 5.41) is 3.79. The predicted molar refractivity (Wildman–Crippen MR) is 81.3 cm³/mol. The molecule has 3 rings (SSSR count). The molecule has 5 nitrogen and oxygen atoms in total. The zero-order valence-corrected chi connectivity index (χ0v) is 13.0. The summed E-state index contributed by atoms with van der Waals surface area (Å²) in [6.45, 7) is 1.24. The van der Waals surface area contributed by atoms with Gasteiger partial charge in [0.05, 0.1) is 4.90 Å². The highest BCUT2D eigenvalue weighted by Crippen LogP contribution is 2.25. The molecule has 0 bridgehead atoms. The molecule has 0 amide bonds. The van der Waals surface area contributed by atoms with E-state index < -0.39 is 10.0 Å². The lowest BCUT2D eigenvalue weighted by Gasteiger charge is -2.09. The standard InChI is InChI=1S/C13H21N3O2S2/c17-20(18,16-8-12-2-1-5-19-12)13-6-11(15-9-13)7-14-10-3-4-10/h6,9-10,12,14-16H,1-5,7-8H2. The summed E-state index contributed by atoms with van der Waals surface area (Å²) >= 11 is 1.86. The molecule has 1 saturated carbocycles. The van der Waals surface area contributed by atoms with E-state index in [0.29, 0.717) is 29.3 Å². The van der Waals surface area contributed by atoms with Crippen LogP contribution in [0.5, 0.6) is 0 Å². The molecule has 0 spiro atoms. The van der Waals surface area contributed by atoms with Gasteiger partial charge in [0.25, 0.3) is 0 Å². The molecular weight excluding hydrogens is 294 g/mol. The number of H-pyrrole nitrogens is 1. The number of hydrogen-bond donors (Lipinski definition) is 3. The van der Waals surface area contributed by atoms with Gasteiger partial charge in [0.2, 0.25) is 10.0 Å². The summed E-state index contributed by atoms with van der Waals surface area (Å²) in [6, 6.07) is 2.34. The molecule has 1 aliphatic heterocycles. The average Bonchev–Trinajstić information content (AvgIpc) is 2.94. The lowest BCUT2D eigenvalue weighted by molar-refractivity contribution is 0.579. The fourth-order valence-corrected chi connectivity index (χ4v) is 4.71. The van der Waals surface area contributed by atoms with Crippen molar-refractivity contribution in [3.05, 3.63) is 18.0 Å². The van der Waals surface area contributed by atoms with Gasteiger partial charge in [-0.1, -0.05) is 0 Å². The number of aromatic nitrogens is 1. The first-order chi connectivity index (χ1) is 9.63. The van der Waals surface area contributed by atoms with Gasteiger partial charge in [-0.15, -0.1) is 0 Å². The van der Waals surface area contributed by atoms with Crippen molar-refractivity contribution < 1.29 is 8.42 Å². The Hall–Kier alpha value is -0.500. The van der Waals surface area contributed by atoms with Gasteiger partial charge in [-0.05, 0) is 37.5 Å². The largest absolute Gasteiger partial charge is 0.363 e. The van der Waals surface area contributed by atoms with Crippen LogP contribution in [0.25, 0.3) is 0 Å². The quantitative estimate of drug-likeness (QED) is 0.712. The average molecular weight is 315 g/mol. The number of sulfonamides is 1. The third-order valence-corrected chi connectivity index (χ3v) is 6.51. The van der Waals surface area contributed by atoms with Crippen LogP contribution in [0.15, 0.2) is 17.2 Å². The molecule has 20 heavy (non-hydrogen) atoms. The molecule has 0 aromatic carbocycles. The summed E-state index contributed by atoms with van der Waals surface area (Å²) < 4.78 is 27.1. The Labute approximate surface area is 124 Å². The van der Waals surface area contributed by atoms with E-state index in [1.54, 1.807) is 12.3 Å². The molecule has 1 aromatic rings. The minimum Gasteiger partial charge on any atom is -0.363 e. The van der Waals surface area contributed by atoms with Crippen LogP contribution in [0.3, 0.4) is 0 Å². The van der Waals surface area contributed by atoms with Crippen molar-refractivity contribution in [2.75, 3.05) is 12.3 Å². The van der Waals surface area contributed by atoms with Crippen molar-refractivity contribution in [2.45, 2.75) is 48.4 Å². The van der Waals surface area contributed by atoms with Crippen LogP contribution >= 0.6 is 11.8 Å². The molecule has 1 aliphatic carbocycles. The fourth-order valence-electron chi connectivity index (χ4n) is 2.31. The van der Waals surface area contributed by atoms with E-state index >= 15 is 0 Å². The highest BCUT2D eigenvalue weighted by atomic mass is 32.2. The Morgan fingerprint density at radius 3 is 2.90 bits per heavy atom. The van der Waals surface area contributed by atoms with Crippen LogP contribution in [0.2, 0.25) is 0 Å². The van der Waals surface area contributed by atoms with Crippen LogP contribution in [0.4, 0.5) is 0 Å². The number of aromatic amines is 1. The molecule has 7 heteroatoms. The summed E-state index contributed by atoms with van der Waals surface area (Å²) in [4.78, 5) is 3.38. The van der Waals surface area contributed by atoms with E-state index in [1.165, 1.54) is 19.3 Å². The first-order valence-corrected chi connectivity index (χ1v) is 9.68. The van der Waals surface area contributed by atoms with E-state index in [4.69, 9.17) is 0 Å². The molecular formula is C13H21N3O2S2. The molecule has 1 unspecified atom stereocenters. The minimum atomic E-state index is -3.37. The van der Waals surface area contributed by atoms with E-state index in [1.807, 2.05) is 11.8 Å². The second-order valence-corrected chi connectivity index (χ2v) is 8.68. The topological polar surface area (TPSA) is 74.0 Å². The van der Waals surface area contributed by atoms with Crippen molar-refractivity contribution in [3.8, 4) is 0 Å². The van der Waals surface area contributed by atoms with Gasteiger partial charge in [-0.25, -0.2) is 13.1 Å². The summed E-state index contributed by atoms with van der Waals surface area (Å²) in [5.41, 5.74) is 0.924. The summed E-state index contributed by atoms with van der Waals surface area (Å²) in [5.74, 6) is 1.15. The molecule has 2 heterocycles. The minimum absolute atomic E-state index is 0.341. The van der Waals surface area contributed by atoms with Crippen molar-refractivity contribution in [2.24, 2.45) is 0 Å². The van der Waals surface area contributed by atoms with Crippen LogP contribution in [0.1, 0.15) is 31.4 Å². The number of rotatable bonds is 7. The van der Waals surface area contributed by atoms with Gasteiger partial charge in [-0.3, -0.25) is 0 Å². The summed E-state index contributed by atoms with van der Waals surface area (Å²) in [6.07, 6.45) is 6.34. The van der Waals surface area contributed by atoms with Gasteiger partial charge < -0.3 is 10.3 Å². The van der Waals surface area contributed by atoms with Gasteiger partial charge >= 0.3 is 0 Å². The maximum Gasteiger partial charge on any atom is 0.242 e. The Morgan fingerprint density at radius 2 is 2.20 bits per heavy atom. The Morgan fingerprint density at radius 1 is 1.35 bits per heavy atom. The Kier molecular flexibility index (Phi) is 4.40. The van der Waals surface area contributed by atoms with Crippen molar-refractivity contribution in [3.63, 3.8) is 0 Å². The highest BCUT2D eigenvalue weighted by Gasteiger charge is 2.22. The zero-order valence-electron chi connectivity index (χ0n) is 11.4. The molecule has 2 fully saturated rings. The molecule has 1 aromatic heterocycles. The first-order valence-electron chi connectivity index (χ1n) is 7.15. The van der Waals surface area contributed by atoms with Gasteiger partial charge in [-0.2, -0.15) is 11.8 Å². The second kappa shape index (κ2) is 6.09. The molecule has 0 radical (unpaired) electrons. The lowest BCUT2D eigenvalue weighted by atomic mass is 10.2. The molecule has 1 atom stereocenters. The second-order valence-electron chi connectivity index (χ2n) is 5.50. The van der Waals surface area contributed by atoms with Gasteiger partial charge in [0.15, 0.2) is 0 Å². The Balaban J connectivity index is 1.55. The first kappa shape index (κ1) is 14.4. The van der Waals surface area contributed by atoms with Crippen LogP contribution in [-0.4, -0.2) is 37.0 Å². The van der Waals surface area contributed by atoms with E-state index in [-0.39, 0.29) is 0 Å². The monoisotopic (exact) mass is 315 g/mol. The third-order valence-electron chi connectivity index (χ3n) is 3.71. The van der Waals surface area contributed by atoms with Crippen molar-refractivity contribution >= 4 is 21.8 Å². The number of hydrogen-bond acceptors (Lipinski definition) is 4. The van der Waals surface area contributed by atoms with Crippen molar-refractivity contribution in [1.29, 1.82) is 0 Å². The normalized spacial score (nSPS) is 23.3. The Bertz CT molecular complexity index is 546. The number of thioether (sulfide) groups is 1. The van der Waals surface area contributed by atoms with E-state index in [9.17, 15) is 8.42 Å². The van der Waals surface area contributed by atoms with Crippen LogP contribution < -0.4 is 10.0 Å². The maximum atomic E-state index is 12.2. The van der Waals surface area contributed by atoms with Crippen molar-refractivity contribution in [1.82, 2.24) is 15.0 Å². The third kappa shape index (κ3) is 3.78. The molecule has 2 aliphatic rings. The van der Waals surface area contributed by atoms with E-state index in [0.717, 1.165) is 17.9 Å². The lowest BCUT2D eigenvalue weighted by Crippen LogP contribution is -2.29. The van der Waals surface area contributed by atoms with Crippen LogP contribution in [0, 0.1) is 0 Å². The predicted octanol–water partition coefficient (Wildman–Crippen LogP) is 1.44. The molecule has 3 N–H and O–H groups in total. The number of nitrogens with one attached hydrogen (secondary N) is 3. The smallest absolute Gasteiger partial charge is 0.242 e. The van der Waals surface area contributed by atoms with E-state index in [2.05, 4.69) is 15.0 Å². The van der Waals surface area contributed by atoms with Gasteiger partial charge in [0, 0.05) is 36.3 Å². The zero-order chi connectivity index (χ0) is 14.0. The molecule has 1 saturated heterocycles. The van der Waals surface area contributed by atoms with Crippen LogP contribution in [-0.2, 0) is 16.6 Å². The van der Waals surface area contributed by atoms with Gasteiger partial charge in [0.1, 0.15) is 0 Å². The maximum absolute atomic E-state index is 12.2. The fraction of sp³-hybridized carbons (Fsp3) is 0.692. The summed E-state index contributed by atoms with van der Waals surface area (Å²) in [7, 11) is -3.37. The highest BCUT2D eigenvalue weighted by molar-refractivity contribution is 8.00. The SMILES string of the molecule is O=S(=O)(NCC1CCCS1)c1c[nH]c(CNC2CC2)c1. The molecule has 112 valence electrons.